The second-order valence-electron chi connectivity index (χ2n) is 8.17. The summed E-state index contributed by atoms with van der Waals surface area (Å²) in [6, 6.07) is 8.54. The Morgan fingerprint density at radius 1 is 1.15 bits per heavy atom. The number of ether oxygens (including phenoxy) is 2. The monoisotopic (exact) mass is 570 g/mol. The van der Waals surface area contributed by atoms with Crippen LogP contribution in [0.1, 0.15) is 41.4 Å². The molecule has 0 spiro atoms. The fraction of sp³-hybridized carbons (Fsp3) is 0.583. The van der Waals surface area contributed by atoms with Crippen molar-refractivity contribution in [3.05, 3.63) is 46.8 Å². The maximum atomic E-state index is 5.66. The molecule has 1 aromatic heterocycles. The van der Waals surface area contributed by atoms with Crippen LogP contribution < -0.4 is 15.4 Å². The Balaban J connectivity index is 0.00000385. The number of hydrogen-bond acceptors (Lipinski definition) is 5. The lowest BCUT2D eigenvalue weighted by molar-refractivity contribution is 0.182. The predicted molar refractivity (Wildman–Crippen MR) is 144 cm³/mol. The number of benzene rings is 1. The van der Waals surface area contributed by atoms with Gasteiger partial charge in [0.1, 0.15) is 5.75 Å². The lowest BCUT2D eigenvalue weighted by Crippen LogP contribution is -2.42. The van der Waals surface area contributed by atoms with Gasteiger partial charge >= 0.3 is 0 Å². The molecule has 0 bridgehead atoms. The summed E-state index contributed by atoms with van der Waals surface area (Å²) in [7, 11) is 5.26. The van der Waals surface area contributed by atoms with E-state index < -0.39 is 0 Å². The molecular formula is C24H39IN6O2. The van der Waals surface area contributed by atoms with Crippen LogP contribution in [0.5, 0.6) is 5.75 Å². The number of para-hydroxylation sites is 1. The number of nitrogens with one attached hydrogen (secondary N) is 2. The van der Waals surface area contributed by atoms with Gasteiger partial charge in [0.05, 0.1) is 32.0 Å². The van der Waals surface area contributed by atoms with E-state index in [9.17, 15) is 0 Å². The van der Waals surface area contributed by atoms with Crippen molar-refractivity contribution in [3.8, 4) is 5.75 Å². The van der Waals surface area contributed by atoms with Crippen LogP contribution in [0.3, 0.4) is 0 Å². The largest absolute Gasteiger partial charge is 0.496 e. The molecule has 1 saturated heterocycles. The summed E-state index contributed by atoms with van der Waals surface area (Å²) in [5.41, 5.74) is 4.60. The van der Waals surface area contributed by atoms with Gasteiger partial charge in [0.15, 0.2) is 5.96 Å². The van der Waals surface area contributed by atoms with E-state index >= 15 is 0 Å². The van der Waals surface area contributed by atoms with Gasteiger partial charge in [0.2, 0.25) is 0 Å². The fourth-order valence-electron chi connectivity index (χ4n) is 4.40. The molecule has 184 valence electrons. The molecule has 1 aromatic carbocycles. The second-order valence-corrected chi connectivity index (χ2v) is 8.17. The number of methoxy groups -OCH3 is 2. The van der Waals surface area contributed by atoms with Crippen LogP contribution in [0.15, 0.2) is 29.3 Å². The average molecular weight is 571 g/mol. The zero-order valence-electron chi connectivity index (χ0n) is 20.6. The fourth-order valence-corrected chi connectivity index (χ4v) is 4.40. The van der Waals surface area contributed by atoms with E-state index in [4.69, 9.17) is 9.47 Å². The Kier molecular flexibility index (Phi) is 11.4. The molecule has 0 saturated carbocycles. The summed E-state index contributed by atoms with van der Waals surface area (Å²) in [4.78, 5) is 6.99. The first-order valence-corrected chi connectivity index (χ1v) is 11.4. The number of nitrogens with zero attached hydrogens (tertiary/aromatic N) is 4. The van der Waals surface area contributed by atoms with Crippen LogP contribution in [-0.2, 0) is 17.8 Å². The van der Waals surface area contributed by atoms with E-state index in [2.05, 4.69) is 51.6 Å². The van der Waals surface area contributed by atoms with Crippen LogP contribution in [0, 0.1) is 13.8 Å². The molecule has 0 amide bonds. The predicted octanol–water partition coefficient (Wildman–Crippen LogP) is 3.28. The van der Waals surface area contributed by atoms with Crippen molar-refractivity contribution in [2.24, 2.45) is 4.99 Å². The number of aliphatic imine (C=N–C) groups is 1. The Labute approximate surface area is 215 Å². The molecule has 9 heteroatoms. The highest BCUT2D eigenvalue weighted by Crippen LogP contribution is 2.31. The van der Waals surface area contributed by atoms with Crippen molar-refractivity contribution in [2.45, 2.75) is 45.8 Å². The SMILES string of the molecule is CN=C(NCc1c(C)nn(CCOC)c1C)NCC(c1ccccc1OC)N1CCCC1.I. The minimum atomic E-state index is 0. The lowest BCUT2D eigenvalue weighted by atomic mass is 10.0. The maximum absolute atomic E-state index is 5.66. The average Bonchev–Trinajstić information content (AvgIpc) is 3.43. The summed E-state index contributed by atoms with van der Waals surface area (Å²) in [6.45, 7) is 9.21. The normalized spacial score (nSPS) is 15.2. The van der Waals surface area contributed by atoms with Crippen molar-refractivity contribution < 1.29 is 9.47 Å². The molecular weight excluding hydrogens is 531 g/mol. The molecule has 1 aliphatic rings. The van der Waals surface area contributed by atoms with E-state index in [0.717, 1.165) is 49.3 Å². The van der Waals surface area contributed by atoms with E-state index in [-0.39, 0.29) is 30.0 Å². The number of hydrogen-bond donors (Lipinski definition) is 2. The molecule has 8 nitrogen and oxygen atoms in total. The molecule has 0 aliphatic carbocycles. The van der Waals surface area contributed by atoms with Crippen LogP contribution in [0.2, 0.25) is 0 Å². The zero-order valence-corrected chi connectivity index (χ0v) is 22.9. The molecule has 33 heavy (non-hydrogen) atoms. The third-order valence-electron chi connectivity index (χ3n) is 6.24. The van der Waals surface area contributed by atoms with E-state index in [0.29, 0.717) is 13.2 Å². The summed E-state index contributed by atoms with van der Waals surface area (Å²) in [5.74, 6) is 1.72. The van der Waals surface area contributed by atoms with Crippen LogP contribution >= 0.6 is 24.0 Å². The number of guanidine groups is 1. The number of aromatic nitrogens is 2. The van der Waals surface area contributed by atoms with Gasteiger partial charge in [-0.3, -0.25) is 14.6 Å². The van der Waals surface area contributed by atoms with Crippen molar-refractivity contribution >= 4 is 29.9 Å². The van der Waals surface area contributed by atoms with Crippen molar-refractivity contribution in [2.75, 3.05) is 47.5 Å². The highest BCUT2D eigenvalue weighted by atomic mass is 127. The Morgan fingerprint density at radius 3 is 2.55 bits per heavy atom. The van der Waals surface area contributed by atoms with Gasteiger partial charge in [-0.05, 0) is 45.8 Å². The topological polar surface area (TPSA) is 75.9 Å². The maximum Gasteiger partial charge on any atom is 0.191 e. The van der Waals surface area contributed by atoms with Gasteiger partial charge in [0.25, 0.3) is 0 Å². The Hall–Kier alpha value is -1.85. The lowest BCUT2D eigenvalue weighted by Gasteiger charge is -2.30. The molecule has 1 aliphatic heterocycles. The molecule has 1 fully saturated rings. The van der Waals surface area contributed by atoms with Gasteiger partial charge in [-0.2, -0.15) is 5.10 Å². The van der Waals surface area contributed by atoms with Crippen LogP contribution in [0.4, 0.5) is 0 Å². The van der Waals surface area contributed by atoms with Gasteiger partial charge in [-0.15, -0.1) is 24.0 Å². The number of aryl methyl sites for hydroxylation is 1. The molecule has 3 rings (SSSR count). The third-order valence-corrected chi connectivity index (χ3v) is 6.24. The first kappa shape index (κ1) is 27.4. The zero-order chi connectivity index (χ0) is 22.9. The number of rotatable bonds is 10. The van der Waals surface area contributed by atoms with Crippen molar-refractivity contribution in [1.29, 1.82) is 0 Å². The first-order chi connectivity index (χ1) is 15.6. The minimum absolute atomic E-state index is 0. The summed E-state index contributed by atoms with van der Waals surface area (Å²) in [6.07, 6.45) is 2.48. The molecule has 0 radical (unpaired) electrons. The van der Waals surface area contributed by atoms with Crippen molar-refractivity contribution in [1.82, 2.24) is 25.3 Å². The Bertz CT molecular complexity index is 895. The number of likely N-dealkylation sites (tertiary alicyclic amines) is 1. The number of halogens is 1. The highest BCUT2D eigenvalue weighted by Gasteiger charge is 2.26. The van der Waals surface area contributed by atoms with Gasteiger partial charge in [0, 0.05) is 44.1 Å². The third kappa shape index (κ3) is 7.07. The molecule has 1 unspecified atom stereocenters. The Morgan fingerprint density at radius 2 is 1.88 bits per heavy atom. The van der Waals surface area contributed by atoms with Gasteiger partial charge < -0.3 is 20.1 Å². The quantitative estimate of drug-likeness (QED) is 0.260. The second kappa shape index (κ2) is 13.8. The molecule has 2 aromatic rings. The van der Waals surface area contributed by atoms with E-state index in [1.165, 1.54) is 24.0 Å². The summed E-state index contributed by atoms with van der Waals surface area (Å²) >= 11 is 0. The molecule has 2 heterocycles. The first-order valence-electron chi connectivity index (χ1n) is 11.4. The summed E-state index contributed by atoms with van der Waals surface area (Å²) < 4.78 is 12.9. The van der Waals surface area contributed by atoms with Gasteiger partial charge in [-0.1, -0.05) is 18.2 Å². The molecule has 1 atom stereocenters. The van der Waals surface area contributed by atoms with E-state index in [1.54, 1.807) is 14.2 Å². The highest BCUT2D eigenvalue weighted by molar-refractivity contribution is 14.0. The van der Waals surface area contributed by atoms with Crippen LogP contribution in [0.25, 0.3) is 0 Å². The molecule has 2 N–H and O–H groups in total. The summed E-state index contributed by atoms with van der Waals surface area (Å²) in [5, 5.41) is 11.7. The van der Waals surface area contributed by atoms with Gasteiger partial charge in [-0.25, -0.2) is 0 Å². The van der Waals surface area contributed by atoms with Crippen LogP contribution in [-0.4, -0.2) is 68.1 Å². The van der Waals surface area contributed by atoms with Crippen molar-refractivity contribution in [3.63, 3.8) is 0 Å². The smallest absolute Gasteiger partial charge is 0.191 e. The van der Waals surface area contributed by atoms with E-state index in [1.807, 2.05) is 23.9 Å². The standard InChI is InChI=1S/C24H38N6O2.HI/c1-18-21(19(2)30(28-18)14-15-31-4)16-26-24(25-3)27-17-22(29-12-8-9-13-29)20-10-6-7-11-23(20)32-5;/h6-7,10-11,22H,8-9,12-17H2,1-5H3,(H2,25,26,27);1H. The minimum Gasteiger partial charge on any atom is -0.496 e.